The van der Waals surface area contributed by atoms with Gasteiger partial charge in [0.2, 0.25) is 0 Å². The Morgan fingerprint density at radius 1 is 0.590 bits per heavy atom. The minimum Gasteiger partial charge on any atom is -0.337 e. The zero-order valence-corrected chi connectivity index (χ0v) is 21.8. The van der Waals surface area contributed by atoms with E-state index in [-0.39, 0.29) is 12.1 Å². The number of urea groups is 2. The van der Waals surface area contributed by atoms with Crippen LogP contribution in [0.3, 0.4) is 0 Å². The second-order valence-electron chi connectivity index (χ2n) is 9.53. The Kier molecular flexibility index (Phi) is 8.51. The Bertz CT molecular complexity index is 1380. The van der Waals surface area contributed by atoms with Gasteiger partial charge in [-0.1, -0.05) is 84.9 Å². The summed E-state index contributed by atoms with van der Waals surface area (Å²) in [6.45, 7) is 4.07. The van der Waals surface area contributed by atoms with Gasteiger partial charge in [0.15, 0.2) is 0 Å². The van der Waals surface area contributed by atoms with Crippen molar-refractivity contribution >= 4 is 23.4 Å². The molecule has 39 heavy (non-hydrogen) atoms. The second kappa shape index (κ2) is 12.8. The third-order valence-corrected chi connectivity index (χ3v) is 6.82. The van der Waals surface area contributed by atoms with Gasteiger partial charge >= 0.3 is 12.1 Å². The lowest BCUT2D eigenvalue weighted by Crippen LogP contribution is -2.51. The molecular weight excluding hydrogens is 486 g/mol. The van der Waals surface area contributed by atoms with Crippen LogP contribution in [0.15, 0.2) is 109 Å². The van der Waals surface area contributed by atoms with Crippen LogP contribution in [0.5, 0.6) is 0 Å². The third kappa shape index (κ3) is 7.24. The summed E-state index contributed by atoms with van der Waals surface area (Å²) in [5, 5.41) is 8.89. The normalized spacial score (nSPS) is 13.5. The van der Waals surface area contributed by atoms with Crippen molar-refractivity contribution in [1.82, 2.24) is 15.1 Å². The van der Waals surface area contributed by atoms with Gasteiger partial charge in [0.25, 0.3) is 0 Å². The molecule has 4 aromatic carbocycles. The molecule has 4 aromatic rings. The first-order chi connectivity index (χ1) is 19.1. The molecule has 0 saturated carbocycles. The zero-order chi connectivity index (χ0) is 26.9. The quantitative estimate of drug-likeness (QED) is 0.281. The van der Waals surface area contributed by atoms with Gasteiger partial charge in [0.05, 0.1) is 0 Å². The number of hydrogen-bond donors (Lipinski definition) is 3. The molecule has 1 heterocycles. The van der Waals surface area contributed by atoms with E-state index in [1.54, 1.807) is 0 Å². The van der Waals surface area contributed by atoms with Crippen molar-refractivity contribution in [2.45, 2.75) is 0 Å². The third-order valence-electron chi connectivity index (χ3n) is 6.82. The summed E-state index contributed by atoms with van der Waals surface area (Å²) in [7, 11) is 0. The summed E-state index contributed by atoms with van der Waals surface area (Å²) < 4.78 is 0. The summed E-state index contributed by atoms with van der Waals surface area (Å²) in [4.78, 5) is 29.4. The van der Waals surface area contributed by atoms with Gasteiger partial charge in [0.1, 0.15) is 0 Å². The maximum Gasteiger partial charge on any atom is 0.321 e. The van der Waals surface area contributed by atoms with Crippen LogP contribution in [0.4, 0.5) is 21.0 Å². The number of carbonyl (C=O) groups excluding carboxylic acids is 2. The first kappa shape index (κ1) is 26.0. The molecule has 7 nitrogen and oxygen atoms in total. The first-order valence-corrected chi connectivity index (χ1v) is 13.3. The molecule has 1 fully saturated rings. The molecule has 198 valence electrons. The van der Waals surface area contributed by atoms with Crippen LogP contribution in [0.2, 0.25) is 0 Å². The molecule has 5 rings (SSSR count). The minimum atomic E-state index is -0.226. The van der Waals surface area contributed by atoms with Crippen LogP contribution in [-0.4, -0.2) is 61.1 Å². The molecule has 1 aliphatic heterocycles. The predicted molar refractivity (Wildman–Crippen MR) is 158 cm³/mol. The van der Waals surface area contributed by atoms with Crippen molar-refractivity contribution in [2.24, 2.45) is 0 Å². The molecule has 0 aromatic heterocycles. The van der Waals surface area contributed by atoms with Crippen molar-refractivity contribution in [3.8, 4) is 22.3 Å². The van der Waals surface area contributed by atoms with Crippen LogP contribution >= 0.6 is 0 Å². The molecule has 0 spiro atoms. The monoisotopic (exact) mass is 519 g/mol. The zero-order valence-electron chi connectivity index (χ0n) is 21.8. The van der Waals surface area contributed by atoms with E-state index in [0.29, 0.717) is 19.6 Å². The fourth-order valence-corrected chi connectivity index (χ4v) is 4.69. The molecule has 0 atom stereocenters. The topological polar surface area (TPSA) is 76.7 Å². The van der Waals surface area contributed by atoms with Gasteiger partial charge in [-0.2, -0.15) is 0 Å². The van der Waals surface area contributed by atoms with Crippen molar-refractivity contribution < 1.29 is 9.59 Å². The van der Waals surface area contributed by atoms with Crippen molar-refractivity contribution in [2.75, 3.05) is 49.9 Å². The van der Waals surface area contributed by atoms with Crippen LogP contribution in [0, 0.1) is 0 Å². The highest BCUT2D eigenvalue weighted by Gasteiger charge is 2.21. The highest BCUT2D eigenvalue weighted by molar-refractivity contribution is 5.91. The minimum absolute atomic E-state index is 0.0879. The largest absolute Gasteiger partial charge is 0.337 e. The molecule has 0 unspecified atom stereocenters. The number of benzene rings is 4. The van der Waals surface area contributed by atoms with Gasteiger partial charge in [0, 0.05) is 50.6 Å². The molecule has 0 radical (unpaired) electrons. The standard InChI is InChI=1S/C32H33N5O2/c38-31(34-29-15-7-13-27(23-29)25-9-3-1-4-10-25)33-17-18-36-19-21-37(22-20-36)32(39)35-30-16-8-14-28(24-30)26-11-5-2-6-12-26/h1-16,23-24H,17-22H2,(H,35,39)(H2,33,34,38). The van der Waals surface area contributed by atoms with E-state index < -0.39 is 0 Å². The average Bonchev–Trinajstić information content (AvgIpc) is 2.99. The van der Waals surface area contributed by atoms with Crippen molar-refractivity contribution in [3.63, 3.8) is 0 Å². The van der Waals surface area contributed by atoms with Crippen molar-refractivity contribution in [1.29, 1.82) is 0 Å². The van der Waals surface area contributed by atoms with E-state index >= 15 is 0 Å². The fourth-order valence-electron chi connectivity index (χ4n) is 4.69. The van der Waals surface area contributed by atoms with Gasteiger partial charge in [-0.15, -0.1) is 0 Å². The first-order valence-electron chi connectivity index (χ1n) is 13.3. The smallest absolute Gasteiger partial charge is 0.321 e. The molecule has 4 amide bonds. The maximum atomic E-state index is 12.8. The number of carbonyl (C=O) groups is 2. The molecule has 3 N–H and O–H groups in total. The number of piperazine rings is 1. The summed E-state index contributed by atoms with van der Waals surface area (Å²) in [6.07, 6.45) is 0. The van der Waals surface area contributed by atoms with Crippen LogP contribution in [0.1, 0.15) is 0 Å². The van der Waals surface area contributed by atoms with E-state index in [1.165, 1.54) is 0 Å². The number of nitrogens with zero attached hydrogens (tertiary/aromatic N) is 2. The second-order valence-corrected chi connectivity index (χ2v) is 9.53. The van der Waals surface area contributed by atoms with Crippen molar-refractivity contribution in [3.05, 3.63) is 109 Å². The summed E-state index contributed by atoms with van der Waals surface area (Å²) in [5.74, 6) is 0. The Balaban J connectivity index is 1.03. The van der Waals surface area contributed by atoms with E-state index in [2.05, 4.69) is 33.0 Å². The number of amides is 4. The van der Waals surface area contributed by atoms with Gasteiger partial charge < -0.3 is 20.9 Å². The van der Waals surface area contributed by atoms with Gasteiger partial charge in [-0.05, 0) is 46.5 Å². The van der Waals surface area contributed by atoms with Crippen LogP contribution < -0.4 is 16.0 Å². The van der Waals surface area contributed by atoms with E-state index in [0.717, 1.165) is 53.3 Å². The molecule has 0 bridgehead atoms. The number of rotatable bonds is 7. The lowest BCUT2D eigenvalue weighted by Gasteiger charge is -2.34. The molecule has 0 aliphatic carbocycles. The Morgan fingerprint density at radius 3 is 1.67 bits per heavy atom. The van der Waals surface area contributed by atoms with E-state index in [4.69, 9.17) is 0 Å². The average molecular weight is 520 g/mol. The Morgan fingerprint density at radius 2 is 1.10 bits per heavy atom. The van der Waals surface area contributed by atoms with E-state index in [9.17, 15) is 9.59 Å². The highest BCUT2D eigenvalue weighted by Crippen LogP contribution is 2.23. The molecular formula is C32H33N5O2. The maximum absolute atomic E-state index is 12.8. The number of nitrogens with one attached hydrogen (secondary N) is 3. The van der Waals surface area contributed by atoms with Crippen LogP contribution in [-0.2, 0) is 0 Å². The lowest BCUT2D eigenvalue weighted by molar-refractivity contribution is 0.148. The SMILES string of the molecule is O=C(NCCN1CCN(C(=O)Nc2cccc(-c3ccccc3)c2)CC1)Nc1cccc(-c2ccccc2)c1. The lowest BCUT2D eigenvalue weighted by atomic mass is 10.1. The van der Waals surface area contributed by atoms with Crippen LogP contribution in [0.25, 0.3) is 22.3 Å². The summed E-state index contributed by atoms with van der Waals surface area (Å²) in [5.41, 5.74) is 5.88. The van der Waals surface area contributed by atoms with E-state index in [1.807, 2.05) is 102 Å². The van der Waals surface area contributed by atoms with Gasteiger partial charge in [-0.3, -0.25) is 4.90 Å². The fraction of sp³-hybridized carbons (Fsp3) is 0.188. The number of anilines is 2. The summed E-state index contributed by atoms with van der Waals surface area (Å²) >= 11 is 0. The molecule has 1 saturated heterocycles. The Hall–Kier alpha value is -4.62. The number of hydrogen-bond acceptors (Lipinski definition) is 3. The predicted octanol–water partition coefficient (Wildman–Crippen LogP) is 5.99. The molecule has 7 heteroatoms. The highest BCUT2D eigenvalue weighted by atomic mass is 16.2. The molecule has 1 aliphatic rings. The summed E-state index contributed by atoms with van der Waals surface area (Å²) in [6, 6.07) is 35.6. The Labute approximate surface area is 229 Å². The van der Waals surface area contributed by atoms with Gasteiger partial charge in [-0.25, -0.2) is 9.59 Å².